The zero-order valence-corrected chi connectivity index (χ0v) is 19.0. The Labute approximate surface area is 198 Å². The Morgan fingerprint density at radius 3 is 2.35 bits per heavy atom. The molecule has 1 aliphatic rings. The standard InChI is InChI=1S/C27H26FN5O/c1-19-7-6-8-20(17-19)18-29-27(34)25-21-9-2-3-10-22(21)26(31-30-25)33-15-13-32(14-16-33)24-12-5-4-11-23(24)28/h2-12,17H,13-16,18H2,1H3,(H,29,34). The lowest BCUT2D eigenvalue weighted by molar-refractivity contribution is 0.0947. The van der Waals surface area contributed by atoms with E-state index >= 15 is 0 Å². The smallest absolute Gasteiger partial charge is 0.272 e. The van der Waals surface area contributed by atoms with Crippen molar-refractivity contribution in [1.29, 1.82) is 0 Å². The molecule has 7 heteroatoms. The van der Waals surface area contributed by atoms with Crippen molar-refractivity contribution in [2.24, 2.45) is 0 Å². The van der Waals surface area contributed by atoms with Crippen LogP contribution < -0.4 is 15.1 Å². The molecule has 5 rings (SSSR count). The van der Waals surface area contributed by atoms with E-state index in [0.717, 1.165) is 27.7 Å². The molecule has 6 nitrogen and oxygen atoms in total. The van der Waals surface area contributed by atoms with E-state index in [1.807, 2.05) is 67.6 Å². The number of carbonyl (C=O) groups is 1. The number of benzene rings is 3. The van der Waals surface area contributed by atoms with Crippen molar-refractivity contribution in [2.45, 2.75) is 13.5 Å². The van der Waals surface area contributed by atoms with Crippen LogP contribution in [0.2, 0.25) is 0 Å². The van der Waals surface area contributed by atoms with E-state index in [-0.39, 0.29) is 11.7 Å². The number of hydrogen-bond donors (Lipinski definition) is 1. The Morgan fingerprint density at radius 1 is 0.882 bits per heavy atom. The van der Waals surface area contributed by atoms with E-state index in [0.29, 0.717) is 44.1 Å². The number of anilines is 2. The van der Waals surface area contributed by atoms with Gasteiger partial charge in [-0.15, -0.1) is 10.2 Å². The molecule has 0 radical (unpaired) electrons. The lowest BCUT2D eigenvalue weighted by Crippen LogP contribution is -2.47. The van der Waals surface area contributed by atoms with Crippen molar-refractivity contribution in [3.63, 3.8) is 0 Å². The molecule has 0 atom stereocenters. The monoisotopic (exact) mass is 455 g/mol. The Hall–Kier alpha value is -4.00. The molecule has 0 spiro atoms. The van der Waals surface area contributed by atoms with Crippen LogP contribution in [0.3, 0.4) is 0 Å². The molecule has 4 aromatic rings. The first-order valence-electron chi connectivity index (χ1n) is 11.4. The van der Waals surface area contributed by atoms with Crippen LogP contribution in [0.4, 0.5) is 15.9 Å². The van der Waals surface area contributed by atoms with E-state index in [1.165, 1.54) is 6.07 Å². The fraction of sp³-hybridized carbons (Fsp3) is 0.222. The van der Waals surface area contributed by atoms with Crippen molar-refractivity contribution in [3.05, 3.63) is 95.4 Å². The molecule has 0 bridgehead atoms. The van der Waals surface area contributed by atoms with Crippen LogP contribution in [0.5, 0.6) is 0 Å². The molecule has 0 unspecified atom stereocenters. The summed E-state index contributed by atoms with van der Waals surface area (Å²) in [7, 11) is 0. The van der Waals surface area contributed by atoms with Gasteiger partial charge in [0.15, 0.2) is 11.5 Å². The van der Waals surface area contributed by atoms with Crippen molar-refractivity contribution in [2.75, 3.05) is 36.0 Å². The number of aryl methyl sites for hydroxylation is 1. The minimum atomic E-state index is -0.249. The molecule has 34 heavy (non-hydrogen) atoms. The SMILES string of the molecule is Cc1cccc(CNC(=O)c2nnc(N3CCN(c4ccccc4F)CC3)c3ccccc23)c1. The molecule has 1 fully saturated rings. The summed E-state index contributed by atoms with van der Waals surface area (Å²) in [5.41, 5.74) is 3.13. The van der Waals surface area contributed by atoms with Crippen LogP contribution in [0, 0.1) is 12.7 Å². The van der Waals surface area contributed by atoms with Gasteiger partial charge >= 0.3 is 0 Å². The molecular formula is C27H26FN5O. The van der Waals surface area contributed by atoms with E-state index < -0.39 is 0 Å². The fourth-order valence-electron chi connectivity index (χ4n) is 4.45. The average Bonchev–Trinajstić information content (AvgIpc) is 2.87. The highest BCUT2D eigenvalue weighted by molar-refractivity contribution is 6.07. The van der Waals surface area contributed by atoms with Crippen LogP contribution in [0.15, 0.2) is 72.8 Å². The average molecular weight is 456 g/mol. The minimum absolute atomic E-state index is 0.206. The summed E-state index contributed by atoms with van der Waals surface area (Å²) in [6.45, 7) is 5.18. The molecular weight excluding hydrogens is 429 g/mol. The summed E-state index contributed by atoms with van der Waals surface area (Å²) < 4.78 is 14.2. The van der Waals surface area contributed by atoms with Gasteiger partial charge in [0.2, 0.25) is 0 Å². The second-order valence-corrected chi connectivity index (χ2v) is 8.52. The summed E-state index contributed by atoms with van der Waals surface area (Å²) in [6.07, 6.45) is 0. The van der Waals surface area contributed by atoms with Gasteiger partial charge in [0, 0.05) is 43.5 Å². The van der Waals surface area contributed by atoms with Crippen molar-refractivity contribution >= 4 is 28.2 Å². The Morgan fingerprint density at radius 2 is 1.59 bits per heavy atom. The van der Waals surface area contributed by atoms with Gasteiger partial charge in [-0.25, -0.2) is 4.39 Å². The van der Waals surface area contributed by atoms with Crippen molar-refractivity contribution < 1.29 is 9.18 Å². The van der Waals surface area contributed by atoms with Crippen LogP contribution in [-0.4, -0.2) is 42.3 Å². The first-order valence-corrected chi connectivity index (χ1v) is 11.4. The first-order chi connectivity index (χ1) is 16.6. The van der Waals surface area contributed by atoms with Gasteiger partial charge in [-0.05, 0) is 24.6 Å². The zero-order valence-electron chi connectivity index (χ0n) is 19.0. The number of nitrogens with one attached hydrogen (secondary N) is 1. The number of amides is 1. The van der Waals surface area contributed by atoms with E-state index in [9.17, 15) is 9.18 Å². The molecule has 1 amide bonds. The Kier molecular flexibility index (Phi) is 6.08. The zero-order chi connectivity index (χ0) is 23.5. The fourth-order valence-corrected chi connectivity index (χ4v) is 4.45. The first kappa shape index (κ1) is 21.8. The van der Waals surface area contributed by atoms with Crippen molar-refractivity contribution in [1.82, 2.24) is 15.5 Å². The highest BCUT2D eigenvalue weighted by Crippen LogP contribution is 2.28. The van der Waals surface area contributed by atoms with Crippen molar-refractivity contribution in [3.8, 4) is 0 Å². The maximum Gasteiger partial charge on any atom is 0.272 e. The Balaban J connectivity index is 1.34. The van der Waals surface area contributed by atoms with Crippen LogP contribution in [0.1, 0.15) is 21.6 Å². The Bertz CT molecular complexity index is 1330. The molecule has 2 heterocycles. The number of para-hydroxylation sites is 1. The van der Waals surface area contributed by atoms with Gasteiger partial charge < -0.3 is 15.1 Å². The van der Waals surface area contributed by atoms with Crippen LogP contribution in [0.25, 0.3) is 10.8 Å². The number of fused-ring (bicyclic) bond motifs is 1. The summed E-state index contributed by atoms with van der Waals surface area (Å²) in [5, 5.41) is 13.4. The molecule has 0 saturated carbocycles. The highest BCUT2D eigenvalue weighted by atomic mass is 19.1. The quantitative estimate of drug-likeness (QED) is 0.485. The van der Waals surface area contributed by atoms with Gasteiger partial charge in [0.25, 0.3) is 5.91 Å². The number of halogens is 1. The van der Waals surface area contributed by atoms with Gasteiger partial charge in [0.05, 0.1) is 5.69 Å². The number of aromatic nitrogens is 2. The predicted molar refractivity (Wildman–Crippen MR) is 133 cm³/mol. The van der Waals surface area contributed by atoms with Gasteiger partial charge in [-0.2, -0.15) is 0 Å². The van der Waals surface area contributed by atoms with Crippen LogP contribution >= 0.6 is 0 Å². The van der Waals surface area contributed by atoms with E-state index in [1.54, 1.807) is 6.07 Å². The lowest BCUT2D eigenvalue weighted by atomic mass is 10.1. The normalized spacial score (nSPS) is 13.8. The minimum Gasteiger partial charge on any atom is -0.366 e. The predicted octanol–water partition coefficient (Wildman–Crippen LogP) is 4.33. The maximum absolute atomic E-state index is 14.2. The summed E-state index contributed by atoms with van der Waals surface area (Å²) in [5.74, 6) is 0.294. The largest absolute Gasteiger partial charge is 0.366 e. The molecule has 3 aromatic carbocycles. The highest BCUT2D eigenvalue weighted by Gasteiger charge is 2.23. The number of carbonyl (C=O) groups excluding carboxylic acids is 1. The maximum atomic E-state index is 14.2. The third-order valence-electron chi connectivity index (χ3n) is 6.19. The number of nitrogens with zero attached hydrogens (tertiary/aromatic N) is 4. The molecule has 1 saturated heterocycles. The molecule has 1 aliphatic heterocycles. The number of rotatable bonds is 5. The third-order valence-corrected chi connectivity index (χ3v) is 6.19. The van der Waals surface area contributed by atoms with Gasteiger partial charge in [-0.3, -0.25) is 4.79 Å². The second kappa shape index (κ2) is 9.47. The summed E-state index contributed by atoms with van der Waals surface area (Å²) >= 11 is 0. The summed E-state index contributed by atoms with van der Waals surface area (Å²) in [4.78, 5) is 17.2. The van der Waals surface area contributed by atoms with E-state index in [4.69, 9.17) is 0 Å². The van der Waals surface area contributed by atoms with E-state index in [2.05, 4.69) is 25.3 Å². The second-order valence-electron chi connectivity index (χ2n) is 8.52. The van der Waals surface area contributed by atoms with Gasteiger partial charge in [-0.1, -0.05) is 66.2 Å². The number of hydrogen-bond acceptors (Lipinski definition) is 5. The number of piperazine rings is 1. The molecule has 1 N–H and O–H groups in total. The molecule has 1 aromatic heterocycles. The summed E-state index contributed by atoms with van der Waals surface area (Å²) in [6, 6.07) is 22.6. The molecule has 172 valence electrons. The lowest BCUT2D eigenvalue weighted by Gasteiger charge is -2.37. The molecule has 0 aliphatic carbocycles. The van der Waals surface area contributed by atoms with Crippen LogP contribution in [-0.2, 0) is 6.54 Å². The third kappa shape index (κ3) is 4.41. The topological polar surface area (TPSA) is 61.4 Å². The van der Waals surface area contributed by atoms with Gasteiger partial charge in [0.1, 0.15) is 5.82 Å².